The summed E-state index contributed by atoms with van der Waals surface area (Å²) in [5, 5.41) is 8.45. The van der Waals surface area contributed by atoms with E-state index in [-0.39, 0.29) is 5.91 Å². The second kappa shape index (κ2) is 8.88. The van der Waals surface area contributed by atoms with Crippen LogP contribution < -0.4 is 14.8 Å². The van der Waals surface area contributed by atoms with Gasteiger partial charge in [-0.2, -0.15) is 5.10 Å². The maximum Gasteiger partial charge on any atom is 0.274 e. The van der Waals surface area contributed by atoms with Crippen molar-refractivity contribution in [1.82, 2.24) is 20.0 Å². The summed E-state index contributed by atoms with van der Waals surface area (Å²) in [7, 11) is 0. The third-order valence-corrected chi connectivity index (χ3v) is 6.31. The molecule has 1 unspecified atom stereocenters. The fraction of sp³-hybridized carbons (Fsp3) is 0.565. The number of amides is 1. The second-order valence-corrected chi connectivity index (χ2v) is 8.41. The van der Waals surface area contributed by atoms with E-state index in [4.69, 9.17) is 19.3 Å². The van der Waals surface area contributed by atoms with Crippen LogP contribution in [-0.4, -0.2) is 59.7 Å². The van der Waals surface area contributed by atoms with Crippen molar-refractivity contribution in [2.24, 2.45) is 0 Å². The molecule has 8 heteroatoms. The van der Waals surface area contributed by atoms with Gasteiger partial charge in [0.1, 0.15) is 0 Å². The smallest absolute Gasteiger partial charge is 0.274 e. The minimum Gasteiger partial charge on any atom is -0.454 e. The van der Waals surface area contributed by atoms with Crippen LogP contribution in [0.3, 0.4) is 0 Å². The molecule has 0 radical (unpaired) electrons. The van der Waals surface area contributed by atoms with Gasteiger partial charge in [-0.1, -0.05) is 13.0 Å². The van der Waals surface area contributed by atoms with E-state index < -0.39 is 0 Å². The molecule has 1 N–H and O–H groups in total. The minimum atomic E-state index is 0.0471. The summed E-state index contributed by atoms with van der Waals surface area (Å²) >= 11 is 0. The Balaban J connectivity index is 1.31. The van der Waals surface area contributed by atoms with E-state index >= 15 is 0 Å². The summed E-state index contributed by atoms with van der Waals surface area (Å²) in [6.07, 6.45) is 3.82. The lowest BCUT2D eigenvalue weighted by Gasteiger charge is -2.28. The molecule has 0 saturated carbocycles. The van der Waals surface area contributed by atoms with Gasteiger partial charge in [0.15, 0.2) is 17.2 Å². The van der Waals surface area contributed by atoms with Crippen LogP contribution in [0.1, 0.15) is 47.1 Å². The molecule has 2 aromatic rings. The summed E-state index contributed by atoms with van der Waals surface area (Å²) in [4.78, 5) is 15.1. The first-order valence-electron chi connectivity index (χ1n) is 11.3. The minimum absolute atomic E-state index is 0.0471. The topological polar surface area (TPSA) is 77.9 Å². The average molecular weight is 427 g/mol. The molecule has 1 aromatic carbocycles. The molecule has 5 rings (SSSR count). The standard InChI is InChI=1S/C23H30N4O4/c1-2-7-27-19-5-4-17(24-14-16-3-6-20-21(12-16)31-15-30-20)13-18(19)22(25-27)23(28)26-8-10-29-11-9-26/h3,6,12,17,24H,2,4-5,7-11,13-15H2,1H3. The van der Waals surface area contributed by atoms with Crippen LogP contribution in [0.15, 0.2) is 18.2 Å². The Morgan fingerprint density at radius 1 is 1.23 bits per heavy atom. The van der Waals surface area contributed by atoms with E-state index in [0.717, 1.165) is 55.8 Å². The van der Waals surface area contributed by atoms with Crippen molar-refractivity contribution in [3.05, 3.63) is 40.7 Å². The number of carbonyl (C=O) groups excluding carboxylic acids is 1. The zero-order chi connectivity index (χ0) is 21.2. The molecule has 31 heavy (non-hydrogen) atoms. The normalized spacial score (nSPS) is 20.0. The van der Waals surface area contributed by atoms with Gasteiger partial charge in [0, 0.05) is 43.5 Å². The predicted octanol–water partition coefficient (Wildman–Crippen LogP) is 2.14. The maximum absolute atomic E-state index is 13.2. The number of rotatable bonds is 6. The monoisotopic (exact) mass is 426 g/mol. The highest BCUT2D eigenvalue weighted by Crippen LogP contribution is 2.33. The quantitative estimate of drug-likeness (QED) is 0.763. The summed E-state index contributed by atoms with van der Waals surface area (Å²) < 4.78 is 18.4. The van der Waals surface area contributed by atoms with Crippen LogP contribution >= 0.6 is 0 Å². The summed E-state index contributed by atoms with van der Waals surface area (Å²) in [5.41, 5.74) is 4.17. The van der Waals surface area contributed by atoms with Gasteiger partial charge in [-0.3, -0.25) is 9.48 Å². The third-order valence-electron chi connectivity index (χ3n) is 6.31. The maximum atomic E-state index is 13.2. The van der Waals surface area contributed by atoms with Crippen molar-refractivity contribution in [2.75, 3.05) is 33.1 Å². The van der Waals surface area contributed by atoms with E-state index in [0.29, 0.717) is 44.8 Å². The first-order valence-corrected chi connectivity index (χ1v) is 11.3. The lowest BCUT2D eigenvalue weighted by molar-refractivity contribution is 0.0297. The fourth-order valence-corrected chi connectivity index (χ4v) is 4.66. The number of hydrogen-bond acceptors (Lipinski definition) is 6. The SMILES string of the molecule is CCCn1nc(C(=O)N2CCOCC2)c2c1CCC(NCc1ccc3c(c1)OCO3)C2. The van der Waals surface area contributed by atoms with Crippen molar-refractivity contribution in [2.45, 2.75) is 51.7 Å². The molecule has 8 nitrogen and oxygen atoms in total. The van der Waals surface area contributed by atoms with Crippen molar-refractivity contribution in [1.29, 1.82) is 0 Å². The highest BCUT2D eigenvalue weighted by molar-refractivity contribution is 5.94. The van der Waals surface area contributed by atoms with Crippen molar-refractivity contribution in [3.63, 3.8) is 0 Å². The van der Waals surface area contributed by atoms with Crippen LogP contribution in [0.25, 0.3) is 0 Å². The van der Waals surface area contributed by atoms with Crippen molar-refractivity contribution >= 4 is 5.91 Å². The molecule has 1 aromatic heterocycles. The van der Waals surface area contributed by atoms with Crippen LogP contribution in [0.2, 0.25) is 0 Å². The van der Waals surface area contributed by atoms with Gasteiger partial charge in [0.05, 0.1) is 13.2 Å². The Morgan fingerprint density at radius 3 is 2.90 bits per heavy atom. The third kappa shape index (κ3) is 4.14. The summed E-state index contributed by atoms with van der Waals surface area (Å²) in [6, 6.07) is 6.39. The van der Waals surface area contributed by atoms with E-state index in [9.17, 15) is 4.79 Å². The average Bonchev–Trinajstić information content (AvgIpc) is 3.42. The molecule has 3 heterocycles. The fourth-order valence-electron chi connectivity index (χ4n) is 4.66. The number of nitrogens with one attached hydrogen (secondary N) is 1. The largest absolute Gasteiger partial charge is 0.454 e. The van der Waals surface area contributed by atoms with E-state index in [2.05, 4.69) is 23.0 Å². The number of morpholine rings is 1. The highest BCUT2D eigenvalue weighted by Gasteiger charge is 2.31. The Kier molecular flexibility index (Phi) is 5.82. The van der Waals surface area contributed by atoms with Gasteiger partial charge in [0.2, 0.25) is 6.79 Å². The molecule has 1 atom stereocenters. The molecular weight excluding hydrogens is 396 g/mol. The molecule has 0 spiro atoms. The van der Waals surface area contributed by atoms with Crippen molar-refractivity contribution in [3.8, 4) is 11.5 Å². The number of aryl methyl sites for hydroxylation is 1. The van der Waals surface area contributed by atoms with Gasteiger partial charge in [-0.25, -0.2) is 0 Å². The molecule has 3 aliphatic rings. The number of aromatic nitrogens is 2. The lowest BCUT2D eigenvalue weighted by atomic mass is 9.90. The van der Waals surface area contributed by atoms with E-state index in [1.807, 2.05) is 17.0 Å². The van der Waals surface area contributed by atoms with Crippen LogP contribution in [0, 0.1) is 0 Å². The number of benzene rings is 1. The number of carbonyl (C=O) groups is 1. The van der Waals surface area contributed by atoms with Gasteiger partial charge in [0.25, 0.3) is 5.91 Å². The van der Waals surface area contributed by atoms with Gasteiger partial charge in [-0.15, -0.1) is 0 Å². The zero-order valence-corrected chi connectivity index (χ0v) is 18.1. The van der Waals surface area contributed by atoms with Crippen LogP contribution in [-0.2, 0) is 30.7 Å². The molecular formula is C23H30N4O4. The van der Waals surface area contributed by atoms with E-state index in [1.54, 1.807) is 0 Å². The predicted molar refractivity (Wildman–Crippen MR) is 114 cm³/mol. The first-order chi connectivity index (χ1) is 15.2. The van der Waals surface area contributed by atoms with E-state index in [1.165, 1.54) is 11.3 Å². The number of hydrogen-bond donors (Lipinski definition) is 1. The number of ether oxygens (including phenoxy) is 3. The van der Waals surface area contributed by atoms with Crippen LogP contribution in [0.4, 0.5) is 0 Å². The molecule has 1 amide bonds. The summed E-state index contributed by atoms with van der Waals surface area (Å²) in [5.74, 6) is 1.66. The Bertz CT molecular complexity index is 951. The van der Waals surface area contributed by atoms with Gasteiger partial charge in [-0.05, 0) is 43.4 Å². The lowest BCUT2D eigenvalue weighted by Crippen LogP contribution is -2.41. The summed E-state index contributed by atoms with van der Waals surface area (Å²) in [6.45, 7) is 6.53. The number of fused-ring (bicyclic) bond motifs is 2. The second-order valence-electron chi connectivity index (χ2n) is 8.41. The highest BCUT2D eigenvalue weighted by atomic mass is 16.7. The Labute approximate surface area is 182 Å². The molecule has 0 bridgehead atoms. The van der Waals surface area contributed by atoms with Crippen molar-refractivity contribution < 1.29 is 19.0 Å². The first kappa shape index (κ1) is 20.3. The van der Waals surface area contributed by atoms with Crippen LogP contribution in [0.5, 0.6) is 11.5 Å². The number of nitrogens with zero attached hydrogens (tertiary/aromatic N) is 3. The Morgan fingerprint density at radius 2 is 2.06 bits per heavy atom. The Hall–Kier alpha value is -2.58. The molecule has 2 aliphatic heterocycles. The molecule has 1 aliphatic carbocycles. The molecule has 166 valence electrons. The zero-order valence-electron chi connectivity index (χ0n) is 18.1. The van der Waals surface area contributed by atoms with Gasteiger partial charge >= 0.3 is 0 Å². The van der Waals surface area contributed by atoms with Gasteiger partial charge < -0.3 is 24.4 Å². The molecule has 1 fully saturated rings. The molecule has 1 saturated heterocycles.